The molecule has 2 N–H and O–H groups in total. The van der Waals surface area contributed by atoms with Gasteiger partial charge in [-0.25, -0.2) is 4.79 Å². The van der Waals surface area contributed by atoms with Crippen molar-refractivity contribution in [1.29, 1.82) is 5.41 Å². The molecule has 1 aliphatic carbocycles. The summed E-state index contributed by atoms with van der Waals surface area (Å²) in [6.45, 7) is 5.58. The molecule has 0 bridgehead atoms. The van der Waals surface area contributed by atoms with E-state index in [2.05, 4.69) is 5.32 Å². The number of rotatable bonds is 3. The summed E-state index contributed by atoms with van der Waals surface area (Å²) in [5.74, 6) is 0.553. The third kappa shape index (κ3) is 4.64. The lowest BCUT2D eigenvalue weighted by Gasteiger charge is -2.21. The van der Waals surface area contributed by atoms with Crippen LogP contribution in [-0.4, -0.2) is 24.0 Å². The molecule has 0 unspecified atom stereocenters. The minimum Gasteiger partial charge on any atom is -0.444 e. The maximum Gasteiger partial charge on any atom is 0.407 e. The molecule has 16 heavy (non-hydrogen) atoms. The normalized spacial score (nSPS) is 25.2. The van der Waals surface area contributed by atoms with Gasteiger partial charge in [0.2, 0.25) is 0 Å². The Bertz CT molecular complexity index is 258. The van der Waals surface area contributed by atoms with E-state index in [-0.39, 0.29) is 12.1 Å². The molecule has 0 aromatic rings. The second kappa shape index (κ2) is 5.32. The molecule has 0 spiro atoms. The van der Waals surface area contributed by atoms with Crippen LogP contribution in [0.5, 0.6) is 0 Å². The number of hydrogen-bond acceptors (Lipinski definition) is 3. The topological polar surface area (TPSA) is 62.2 Å². The highest BCUT2D eigenvalue weighted by Gasteiger charge is 2.26. The summed E-state index contributed by atoms with van der Waals surface area (Å²) >= 11 is 0. The molecular weight excluding hydrogens is 204 g/mol. The molecule has 2 atom stereocenters. The molecule has 1 saturated carbocycles. The second-order valence-corrected chi connectivity index (χ2v) is 5.46. The fraction of sp³-hybridized carbons (Fsp3) is 0.833. The number of amides is 1. The van der Waals surface area contributed by atoms with Gasteiger partial charge in [0, 0.05) is 6.04 Å². The lowest BCUT2D eigenvalue weighted by Crippen LogP contribution is -2.37. The van der Waals surface area contributed by atoms with Gasteiger partial charge in [0.15, 0.2) is 0 Å². The zero-order chi connectivity index (χ0) is 12.2. The smallest absolute Gasteiger partial charge is 0.407 e. The third-order valence-electron chi connectivity index (χ3n) is 2.71. The Morgan fingerprint density at radius 2 is 2.19 bits per heavy atom. The number of alkyl carbamates (subject to hydrolysis) is 1. The molecule has 1 fully saturated rings. The quantitative estimate of drug-likeness (QED) is 0.727. The minimum atomic E-state index is -0.433. The van der Waals surface area contributed by atoms with Gasteiger partial charge >= 0.3 is 6.09 Å². The first-order valence-corrected chi connectivity index (χ1v) is 5.89. The molecule has 4 nitrogen and oxygen atoms in total. The van der Waals surface area contributed by atoms with Gasteiger partial charge in [-0.05, 0) is 58.6 Å². The molecule has 1 amide bonds. The summed E-state index contributed by atoms with van der Waals surface area (Å²) in [7, 11) is 0. The average Bonchev–Trinajstić information content (AvgIpc) is 2.49. The van der Waals surface area contributed by atoms with Crippen LogP contribution in [0.1, 0.15) is 46.5 Å². The zero-order valence-corrected chi connectivity index (χ0v) is 10.4. The SMILES string of the molecule is CC(C)(C)OC(=O)N[C@H]1CC[C@@H](CC=N)C1. The Kier molecular flexibility index (Phi) is 4.33. The number of carbonyl (C=O) groups is 1. The summed E-state index contributed by atoms with van der Waals surface area (Å²) in [6, 6.07) is 0.222. The lowest BCUT2D eigenvalue weighted by molar-refractivity contribution is 0.0505. The highest BCUT2D eigenvalue weighted by molar-refractivity contribution is 5.68. The maximum absolute atomic E-state index is 11.5. The molecule has 0 radical (unpaired) electrons. The van der Waals surface area contributed by atoms with Crippen LogP contribution >= 0.6 is 0 Å². The van der Waals surface area contributed by atoms with E-state index < -0.39 is 5.60 Å². The molecular formula is C12H22N2O2. The van der Waals surface area contributed by atoms with E-state index in [0.717, 1.165) is 25.7 Å². The van der Waals surface area contributed by atoms with E-state index in [4.69, 9.17) is 10.1 Å². The van der Waals surface area contributed by atoms with E-state index in [1.807, 2.05) is 20.8 Å². The van der Waals surface area contributed by atoms with E-state index in [1.165, 1.54) is 6.21 Å². The summed E-state index contributed by atoms with van der Waals surface area (Å²) in [5.41, 5.74) is -0.433. The van der Waals surface area contributed by atoms with Crippen molar-refractivity contribution in [2.45, 2.75) is 58.1 Å². The Balaban J connectivity index is 2.28. The van der Waals surface area contributed by atoms with E-state index >= 15 is 0 Å². The average molecular weight is 226 g/mol. The van der Waals surface area contributed by atoms with Crippen molar-refractivity contribution in [3.8, 4) is 0 Å². The largest absolute Gasteiger partial charge is 0.444 e. The predicted molar refractivity (Wildman–Crippen MR) is 63.9 cm³/mol. The molecule has 1 rings (SSSR count). The third-order valence-corrected chi connectivity index (χ3v) is 2.71. The van der Waals surface area contributed by atoms with Crippen LogP contribution in [0.2, 0.25) is 0 Å². The molecule has 0 saturated heterocycles. The molecule has 4 heteroatoms. The molecule has 0 aliphatic heterocycles. The number of hydrogen-bond donors (Lipinski definition) is 2. The van der Waals surface area contributed by atoms with Gasteiger partial charge in [-0.1, -0.05) is 0 Å². The van der Waals surface area contributed by atoms with Crippen molar-refractivity contribution >= 4 is 12.3 Å². The fourth-order valence-corrected chi connectivity index (χ4v) is 2.06. The van der Waals surface area contributed by atoms with Crippen LogP contribution in [0.4, 0.5) is 4.79 Å². The standard InChI is InChI=1S/C12H22N2O2/c1-12(2,3)16-11(15)14-10-5-4-9(8-10)6-7-13/h7,9-10,13H,4-6,8H2,1-3H3,(H,14,15)/t9-,10-/m0/s1. The summed E-state index contributed by atoms with van der Waals surface area (Å²) < 4.78 is 5.20. The van der Waals surface area contributed by atoms with Crippen molar-refractivity contribution < 1.29 is 9.53 Å². The van der Waals surface area contributed by atoms with Crippen LogP contribution in [-0.2, 0) is 4.74 Å². The molecule has 92 valence electrons. The van der Waals surface area contributed by atoms with Crippen LogP contribution in [0.25, 0.3) is 0 Å². The Labute approximate surface area is 97.3 Å². The van der Waals surface area contributed by atoms with Gasteiger partial charge in [0.1, 0.15) is 5.60 Å². The minimum absolute atomic E-state index is 0.222. The van der Waals surface area contributed by atoms with Crippen molar-refractivity contribution in [1.82, 2.24) is 5.32 Å². The summed E-state index contributed by atoms with van der Waals surface area (Å²) in [4.78, 5) is 11.5. The zero-order valence-electron chi connectivity index (χ0n) is 10.4. The van der Waals surface area contributed by atoms with Crippen LogP contribution in [0.15, 0.2) is 0 Å². The number of nitrogens with one attached hydrogen (secondary N) is 2. The molecule has 1 aliphatic rings. The monoisotopic (exact) mass is 226 g/mol. The first-order valence-electron chi connectivity index (χ1n) is 5.89. The van der Waals surface area contributed by atoms with Gasteiger partial charge in [0.25, 0.3) is 0 Å². The van der Waals surface area contributed by atoms with Gasteiger partial charge in [-0.2, -0.15) is 0 Å². The van der Waals surface area contributed by atoms with Crippen molar-refractivity contribution in [2.24, 2.45) is 5.92 Å². The van der Waals surface area contributed by atoms with Crippen LogP contribution < -0.4 is 5.32 Å². The van der Waals surface area contributed by atoms with E-state index in [1.54, 1.807) is 0 Å². The van der Waals surface area contributed by atoms with E-state index in [9.17, 15) is 4.79 Å². The van der Waals surface area contributed by atoms with Crippen molar-refractivity contribution in [3.05, 3.63) is 0 Å². The Morgan fingerprint density at radius 3 is 2.75 bits per heavy atom. The van der Waals surface area contributed by atoms with Gasteiger partial charge < -0.3 is 15.5 Å². The van der Waals surface area contributed by atoms with Gasteiger partial charge in [-0.15, -0.1) is 0 Å². The lowest BCUT2D eigenvalue weighted by atomic mass is 10.1. The summed E-state index contributed by atoms with van der Waals surface area (Å²) in [6.07, 6.45) is 5.02. The predicted octanol–water partition coefficient (Wildman–Crippen LogP) is 2.72. The van der Waals surface area contributed by atoms with Gasteiger partial charge in [-0.3, -0.25) is 0 Å². The van der Waals surface area contributed by atoms with Gasteiger partial charge in [0.05, 0.1) is 0 Å². The fourth-order valence-electron chi connectivity index (χ4n) is 2.06. The number of carbonyl (C=O) groups excluding carboxylic acids is 1. The van der Waals surface area contributed by atoms with Crippen molar-refractivity contribution in [2.75, 3.05) is 0 Å². The Morgan fingerprint density at radius 1 is 1.50 bits per heavy atom. The molecule has 0 aromatic carbocycles. The van der Waals surface area contributed by atoms with Crippen LogP contribution in [0, 0.1) is 11.3 Å². The Hall–Kier alpha value is -1.06. The first kappa shape index (κ1) is 13.0. The van der Waals surface area contributed by atoms with E-state index in [0.29, 0.717) is 5.92 Å². The number of ether oxygens (including phenoxy) is 1. The summed E-state index contributed by atoms with van der Waals surface area (Å²) in [5, 5.41) is 9.94. The van der Waals surface area contributed by atoms with Crippen LogP contribution in [0.3, 0.4) is 0 Å². The molecule has 0 aromatic heterocycles. The molecule has 0 heterocycles. The first-order chi connectivity index (χ1) is 7.40. The maximum atomic E-state index is 11.5. The second-order valence-electron chi connectivity index (χ2n) is 5.46. The highest BCUT2D eigenvalue weighted by Crippen LogP contribution is 2.27. The highest BCUT2D eigenvalue weighted by atomic mass is 16.6. The van der Waals surface area contributed by atoms with Crippen molar-refractivity contribution in [3.63, 3.8) is 0 Å².